The fraction of sp³-hybridized carbons (Fsp3) is 0.353. The Balaban J connectivity index is 1.44. The van der Waals surface area contributed by atoms with Gasteiger partial charge in [0.1, 0.15) is 5.82 Å². The molecule has 0 radical (unpaired) electrons. The number of nitrogens with zero attached hydrogens (tertiary/aromatic N) is 2. The molecular weight excluding hydrogens is 313 g/mol. The van der Waals surface area contributed by atoms with Crippen LogP contribution < -0.4 is 10.2 Å². The van der Waals surface area contributed by atoms with Crippen LogP contribution in [0.3, 0.4) is 0 Å². The molecule has 1 aromatic carbocycles. The molecule has 2 aromatic rings. The number of para-hydroxylation sites is 1. The van der Waals surface area contributed by atoms with Crippen molar-refractivity contribution in [3.63, 3.8) is 0 Å². The summed E-state index contributed by atoms with van der Waals surface area (Å²) in [5.74, 6) is -0.146. The van der Waals surface area contributed by atoms with Gasteiger partial charge in [0, 0.05) is 31.1 Å². The quantitative estimate of drug-likeness (QED) is 0.912. The zero-order valence-corrected chi connectivity index (χ0v) is 13.7. The summed E-state index contributed by atoms with van der Waals surface area (Å²) in [4.78, 5) is 17.3. The van der Waals surface area contributed by atoms with E-state index in [1.807, 2.05) is 28.5 Å². The van der Waals surface area contributed by atoms with Crippen molar-refractivity contribution in [1.82, 2.24) is 10.2 Å². The van der Waals surface area contributed by atoms with Gasteiger partial charge < -0.3 is 10.2 Å². The van der Waals surface area contributed by atoms with E-state index in [1.54, 1.807) is 23.5 Å². The molecule has 1 aliphatic rings. The molecule has 122 valence electrons. The first-order valence-electron chi connectivity index (χ1n) is 7.73. The highest BCUT2D eigenvalue weighted by atomic mass is 32.1. The van der Waals surface area contributed by atoms with Gasteiger partial charge in [0.2, 0.25) is 5.91 Å². The summed E-state index contributed by atoms with van der Waals surface area (Å²) in [5, 5.41) is 4.94. The Morgan fingerprint density at radius 3 is 2.61 bits per heavy atom. The van der Waals surface area contributed by atoms with Crippen molar-refractivity contribution in [2.24, 2.45) is 0 Å². The summed E-state index contributed by atoms with van der Waals surface area (Å²) < 4.78 is 13.8. The zero-order valence-electron chi connectivity index (χ0n) is 12.9. The third-order valence-corrected chi connectivity index (χ3v) is 4.85. The summed E-state index contributed by atoms with van der Waals surface area (Å²) in [6.45, 7) is 3.99. The van der Waals surface area contributed by atoms with E-state index in [9.17, 15) is 9.18 Å². The number of piperazine rings is 1. The van der Waals surface area contributed by atoms with E-state index in [1.165, 1.54) is 6.07 Å². The Morgan fingerprint density at radius 1 is 1.13 bits per heavy atom. The summed E-state index contributed by atoms with van der Waals surface area (Å²) in [5.41, 5.74) is 0.647. The molecule has 1 fully saturated rings. The second kappa shape index (κ2) is 7.57. The number of hydrogen-bond acceptors (Lipinski definition) is 4. The van der Waals surface area contributed by atoms with E-state index in [4.69, 9.17) is 0 Å². The van der Waals surface area contributed by atoms with Crippen molar-refractivity contribution in [1.29, 1.82) is 0 Å². The normalized spacial score (nSPS) is 15.6. The summed E-state index contributed by atoms with van der Waals surface area (Å²) in [6.07, 6.45) is 0. The molecule has 0 unspecified atom stereocenters. The van der Waals surface area contributed by atoms with Gasteiger partial charge in [-0.2, -0.15) is 0 Å². The maximum Gasteiger partial charge on any atom is 0.234 e. The monoisotopic (exact) mass is 333 g/mol. The number of carbonyl (C=O) groups excluding carboxylic acids is 1. The highest BCUT2D eigenvalue weighted by Crippen LogP contribution is 2.19. The van der Waals surface area contributed by atoms with Crippen LogP contribution in [0.2, 0.25) is 0 Å². The molecule has 0 saturated carbocycles. The van der Waals surface area contributed by atoms with E-state index >= 15 is 0 Å². The van der Waals surface area contributed by atoms with Gasteiger partial charge in [0.05, 0.1) is 18.8 Å². The van der Waals surface area contributed by atoms with Gasteiger partial charge in [-0.15, -0.1) is 11.3 Å². The van der Waals surface area contributed by atoms with E-state index in [0.717, 1.165) is 31.1 Å². The molecule has 6 heteroatoms. The molecule has 1 N–H and O–H groups in total. The van der Waals surface area contributed by atoms with Gasteiger partial charge in [0.15, 0.2) is 0 Å². The maximum absolute atomic E-state index is 13.8. The first-order chi connectivity index (χ1) is 11.2. The molecule has 1 aliphatic heterocycles. The van der Waals surface area contributed by atoms with Crippen LogP contribution in [0.25, 0.3) is 0 Å². The summed E-state index contributed by atoms with van der Waals surface area (Å²) in [7, 11) is 0. The van der Waals surface area contributed by atoms with Gasteiger partial charge in [-0.05, 0) is 23.6 Å². The SMILES string of the molecule is O=C(CN1CCN(c2ccccc2F)CC1)NCc1cccs1. The van der Waals surface area contributed by atoms with Gasteiger partial charge in [-0.25, -0.2) is 4.39 Å². The lowest BCUT2D eigenvalue weighted by Crippen LogP contribution is -2.49. The van der Waals surface area contributed by atoms with Crippen LogP contribution in [0.1, 0.15) is 4.88 Å². The van der Waals surface area contributed by atoms with Crippen LogP contribution in [0, 0.1) is 5.82 Å². The first kappa shape index (κ1) is 16.0. The lowest BCUT2D eigenvalue weighted by Gasteiger charge is -2.35. The van der Waals surface area contributed by atoms with Crippen LogP contribution in [0.15, 0.2) is 41.8 Å². The molecule has 0 atom stereocenters. The molecule has 23 heavy (non-hydrogen) atoms. The fourth-order valence-electron chi connectivity index (χ4n) is 2.71. The molecule has 0 bridgehead atoms. The van der Waals surface area contributed by atoms with Crippen LogP contribution in [0.4, 0.5) is 10.1 Å². The average molecular weight is 333 g/mol. The second-order valence-corrected chi connectivity index (χ2v) is 6.60. The Hall–Kier alpha value is -1.92. The molecule has 1 saturated heterocycles. The van der Waals surface area contributed by atoms with E-state index < -0.39 is 0 Å². The highest BCUT2D eigenvalue weighted by molar-refractivity contribution is 7.09. The minimum absolute atomic E-state index is 0.0396. The molecule has 0 aliphatic carbocycles. The van der Waals surface area contributed by atoms with Crippen molar-refractivity contribution in [2.75, 3.05) is 37.6 Å². The van der Waals surface area contributed by atoms with Crippen LogP contribution in [-0.2, 0) is 11.3 Å². The van der Waals surface area contributed by atoms with Gasteiger partial charge >= 0.3 is 0 Å². The maximum atomic E-state index is 13.8. The fourth-order valence-corrected chi connectivity index (χ4v) is 3.36. The number of halogens is 1. The Labute approximate surface area is 139 Å². The highest BCUT2D eigenvalue weighted by Gasteiger charge is 2.20. The number of anilines is 1. The van der Waals surface area contributed by atoms with Crippen molar-refractivity contribution in [3.8, 4) is 0 Å². The molecular formula is C17H20FN3OS. The van der Waals surface area contributed by atoms with Crippen molar-refractivity contribution in [3.05, 3.63) is 52.5 Å². The predicted molar refractivity (Wildman–Crippen MR) is 91.2 cm³/mol. The van der Waals surface area contributed by atoms with Crippen LogP contribution in [-0.4, -0.2) is 43.5 Å². The zero-order chi connectivity index (χ0) is 16.1. The number of amides is 1. The molecule has 4 nitrogen and oxygen atoms in total. The lowest BCUT2D eigenvalue weighted by atomic mass is 10.2. The third-order valence-electron chi connectivity index (χ3n) is 3.97. The number of nitrogens with one attached hydrogen (secondary N) is 1. The predicted octanol–water partition coefficient (Wildman–Crippen LogP) is 2.33. The first-order valence-corrected chi connectivity index (χ1v) is 8.61. The summed E-state index contributed by atoms with van der Waals surface area (Å²) in [6, 6.07) is 10.8. The minimum atomic E-state index is -0.186. The van der Waals surface area contributed by atoms with Gasteiger partial charge in [-0.1, -0.05) is 18.2 Å². The van der Waals surface area contributed by atoms with E-state index in [2.05, 4.69) is 10.2 Å². The molecule has 2 heterocycles. The number of hydrogen-bond donors (Lipinski definition) is 1. The van der Waals surface area contributed by atoms with E-state index in [-0.39, 0.29) is 11.7 Å². The van der Waals surface area contributed by atoms with Gasteiger partial charge in [0.25, 0.3) is 0 Å². The number of benzene rings is 1. The van der Waals surface area contributed by atoms with Crippen molar-refractivity contribution >= 4 is 22.9 Å². The number of thiophene rings is 1. The largest absolute Gasteiger partial charge is 0.367 e. The minimum Gasteiger partial charge on any atom is -0.367 e. The van der Waals surface area contributed by atoms with Gasteiger partial charge in [-0.3, -0.25) is 9.69 Å². The van der Waals surface area contributed by atoms with Crippen molar-refractivity contribution in [2.45, 2.75) is 6.54 Å². The number of carbonyl (C=O) groups is 1. The van der Waals surface area contributed by atoms with Crippen LogP contribution in [0.5, 0.6) is 0 Å². The Bertz CT molecular complexity index is 639. The average Bonchev–Trinajstić information content (AvgIpc) is 3.08. The standard InChI is InChI=1S/C17H20FN3OS/c18-15-5-1-2-6-16(15)21-9-7-20(8-10-21)13-17(22)19-12-14-4-3-11-23-14/h1-6,11H,7-10,12-13H2,(H,19,22). The van der Waals surface area contributed by atoms with E-state index in [0.29, 0.717) is 18.8 Å². The number of rotatable bonds is 5. The summed E-state index contributed by atoms with van der Waals surface area (Å²) >= 11 is 1.64. The Morgan fingerprint density at radius 2 is 1.91 bits per heavy atom. The molecule has 0 spiro atoms. The third kappa shape index (κ3) is 4.30. The smallest absolute Gasteiger partial charge is 0.234 e. The topological polar surface area (TPSA) is 35.6 Å². The molecule has 1 amide bonds. The molecule has 3 rings (SSSR count). The lowest BCUT2D eigenvalue weighted by molar-refractivity contribution is -0.122. The van der Waals surface area contributed by atoms with Crippen LogP contribution >= 0.6 is 11.3 Å². The Kier molecular flexibility index (Phi) is 5.25. The molecule has 1 aromatic heterocycles. The second-order valence-electron chi connectivity index (χ2n) is 5.57. The van der Waals surface area contributed by atoms with Crippen molar-refractivity contribution < 1.29 is 9.18 Å².